The Morgan fingerprint density at radius 1 is 0.313 bits per heavy atom. The van der Waals surface area contributed by atoms with Crippen LogP contribution in [0.5, 0.6) is 0 Å². The van der Waals surface area contributed by atoms with Gasteiger partial charge in [-0.25, -0.2) is 0 Å². The van der Waals surface area contributed by atoms with Gasteiger partial charge in [0.25, 0.3) is 0 Å². The number of anilines is 3. The summed E-state index contributed by atoms with van der Waals surface area (Å²) in [5, 5.41) is 7.64. The van der Waals surface area contributed by atoms with E-state index in [0.29, 0.717) is 0 Å². The minimum absolute atomic E-state index is 1.09. The minimum Gasteiger partial charge on any atom is -0.311 e. The van der Waals surface area contributed by atoms with Crippen LogP contribution in [0.3, 0.4) is 0 Å². The summed E-state index contributed by atoms with van der Waals surface area (Å²) in [5.74, 6) is 0. The van der Waals surface area contributed by atoms with Crippen LogP contribution < -0.4 is 4.90 Å². The van der Waals surface area contributed by atoms with E-state index in [2.05, 4.69) is 264 Å². The van der Waals surface area contributed by atoms with Gasteiger partial charge in [-0.05, 0) is 117 Å². The zero-order valence-corrected chi connectivity index (χ0v) is 37.4. The molecule has 0 saturated carbocycles. The molecule has 0 aliphatic heterocycles. The maximum absolute atomic E-state index is 2.44. The molecular weight excluding hydrogens is 829 g/mol. The first kappa shape index (κ1) is 38.9. The Hall–Kier alpha value is -8.50. The fourth-order valence-corrected chi connectivity index (χ4v) is 11.3. The zero-order chi connectivity index (χ0) is 44.3. The maximum atomic E-state index is 2.44. The number of benzene rings is 11. The standard InChI is InChI=1S/C64H42N2S/c1-3-12-43(13-4-1)44-22-24-45(25-23-44)46-26-34-52(35-27-46)65(54-38-30-49(31-39-54)55-19-11-21-62-63(55)59-18-9-10-20-61(59)67-62)53-36-28-47(29-37-53)50-33-40-57-58-41-32-48-14-7-8-17-56(48)64(58)66(60(57)42-50)51-15-5-2-6-16-51/h1-42H. The zero-order valence-electron chi connectivity index (χ0n) is 36.6. The number of rotatable bonds is 8. The topological polar surface area (TPSA) is 8.17 Å². The van der Waals surface area contributed by atoms with Crippen LogP contribution in [0.4, 0.5) is 17.1 Å². The van der Waals surface area contributed by atoms with E-state index in [4.69, 9.17) is 0 Å². The van der Waals surface area contributed by atoms with E-state index in [0.717, 1.165) is 22.7 Å². The molecule has 0 N–H and O–H groups in total. The molecule has 0 aliphatic rings. The maximum Gasteiger partial charge on any atom is 0.0619 e. The second kappa shape index (κ2) is 16.2. The lowest BCUT2D eigenvalue weighted by atomic mass is 9.98. The van der Waals surface area contributed by atoms with Crippen molar-refractivity contribution in [1.82, 2.24) is 4.57 Å². The van der Waals surface area contributed by atoms with Crippen molar-refractivity contribution >= 4 is 81.1 Å². The van der Waals surface area contributed by atoms with Crippen molar-refractivity contribution in [2.24, 2.45) is 0 Å². The van der Waals surface area contributed by atoms with Crippen molar-refractivity contribution < 1.29 is 0 Å². The van der Waals surface area contributed by atoms with Gasteiger partial charge >= 0.3 is 0 Å². The summed E-state index contributed by atoms with van der Waals surface area (Å²) in [6, 6.07) is 93.0. The molecule has 13 rings (SSSR count). The lowest BCUT2D eigenvalue weighted by Crippen LogP contribution is -2.09. The van der Waals surface area contributed by atoms with E-state index in [1.165, 1.54) is 97.3 Å². The van der Waals surface area contributed by atoms with E-state index in [1.807, 2.05) is 11.3 Å². The van der Waals surface area contributed by atoms with Gasteiger partial charge in [0.15, 0.2) is 0 Å². The molecule has 0 saturated heterocycles. The van der Waals surface area contributed by atoms with E-state index in [1.54, 1.807) is 0 Å². The molecule has 0 bridgehead atoms. The van der Waals surface area contributed by atoms with E-state index in [-0.39, 0.29) is 0 Å². The second-order valence-corrected chi connectivity index (χ2v) is 18.4. The van der Waals surface area contributed by atoms with Gasteiger partial charge in [0.1, 0.15) is 0 Å². The minimum atomic E-state index is 1.09. The number of para-hydroxylation sites is 1. The van der Waals surface area contributed by atoms with Crippen LogP contribution >= 0.6 is 11.3 Å². The lowest BCUT2D eigenvalue weighted by molar-refractivity contribution is 1.19. The molecule has 0 unspecified atom stereocenters. The summed E-state index contributed by atoms with van der Waals surface area (Å²) < 4.78 is 5.08. The SMILES string of the molecule is c1ccc(-c2ccc(-c3ccc(N(c4ccc(-c5ccc6c7ccc8ccccc8c7n(-c7ccccc7)c6c5)cc4)c4ccc(-c5cccc6sc7ccccc7c56)cc4)cc3)cc2)cc1. The number of thiophene rings is 1. The Balaban J connectivity index is 0.895. The summed E-state index contributed by atoms with van der Waals surface area (Å²) in [6.07, 6.45) is 0. The molecule has 2 nitrogen and oxygen atoms in total. The average molecular weight is 871 g/mol. The van der Waals surface area contributed by atoms with Crippen molar-refractivity contribution in [2.75, 3.05) is 4.90 Å². The first-order chi connectivity index (χ1) is 33.2. The normalized spacial score (nSPS) is 11.6. The van der Waals surface area contributed by atoms with Crippen molar-refractivity contribution in [1.29, 1.82) is 0 Å². The molecule has 67 heavy (non-hydrogen) atoms. The predicted octanol–water partition coefficient (Wildman–Crippen LogP) is 18.4. The average Bonchev–Trinajstić information content (AvgIpc) is 3.96. The van der Waals surface area contributed by atoms with Crippen LogP contribution in [-0.4, -0.2) is 4.57 Å². The highest BCUT2D eigenvalue weighted by molar-refractivity contribution is 7.25. The van der Waals surface area contributed by atoms with Crippen LogP contribution in [-0.2, 0) is 0 Å². The molecule has 0 radical (unpaired) electrons. The molecular formula is C64H42N2S. The number of fused-ring (bicyclic) bond motifs is 8. The van der Waals surface area contributed by atoms with E-state index in [9.17, 15) is 0 Å². The molecule has 0 amide bonds. The molecule has 0 spiro atoms. The van der Waals surface area contributed by atoms with Gasteiger partial charge < -0.3 is 9.47 Å². The number of hydrogen-bond donors (Lipinski definition) is 0. The predicted molar refractivity (Wildman–Crippen MR) is 288 cm³/mol. The summed E-state index contributed by atoms with van der Waals surface area (Å²) in [7, 11) is 0. The number of nitrogens with zero attached hydrogens (tertiary/aromatic N) is 2. The first-order valence-corrected chi connectivity index (χ1v) is 23.7. The molecule has 314 valence electrons. The Bertz CT molecular complexity index is 3920. The molecule has 3 heteroatoms. The van der Waals surface area contributed by atoms with E-state index < -0.39 is 0 Å². The molecule has 0 aliphatic carbocycles. The molecule has 2 heterocycles. The third-order valence-electron chi connectivity index (χ3n) is 13.4. The highest BCUT2D eigenvalue weighted by Crippen LogP contribution is 2.43. The molecule has 2 aromatic heterocycles. The fourth-order valence-electron chi connectivity index (χ4n) is 10.1. The van der Waals surface area contributed by atoms with Crippen LogP contribution in [0.2, 0.25) is 0 Å². The van der Waals surface area contributed by atoms with Gasteiger partial charge in [-0.2, -0.15) is 0 Å². The second-order valence-electron chi connectivity index (χ2n) is 17.3. The monoisotopic (exact) mass is 870 g/mol. The lowest BCUT2D eigenvalue weighted by Gasteiger charge is -2.26. The Morgan fingerprint density at radius 3 is 1.48 bits per heavy atom. The summed E-state index contributed by atoms with van der Waals surface area (Å²) in [6.45, 7) is 0. The Labute approximate surface area is 393 Å². The number of hydrogen-bond acceptors (Lipinski definition) is 2. The van der Waals surface area contributed by atoms with Crippen molar-refractivity contribution in [3.8, 4) is 50.2 Å². The van der Waals surface area contributed by atoms with Crippen LogP contribution in [0.15, 0.2) is 255 Å². The van der Waals surface area contributed by atoms with Gasteiger partial charge in [0, 0.05) is 59.1 Å². The molecule has 0 atom stereocenters. The van der Waals surface area contributed by atoms with Crippen molar-refractivity contribution in [3.05, 3.63) is 255 Å². The van der Waals surface area contributed by atoms with Gasteiger partial charge in [-0.3, -0.25) is 0 Å². The van der Waals surface area contributed by atoms with Crippen LogP contribution in [0, 0.1) is 0 Å². The molecule has 0 fully saturated rings. The van der Waals surface area contributed by atoms with Gasteiger partial charge in [0.05, 0.1) is 11.0 Å². The summed E-state index contributed by atoms with van der Waals surface area (Å²) in [5.41, 5.74) is 16.5. The van der Waals surface area contributed by atoms with Gasteiger partial charge in [-0.15, -0.1) is 11.3 Å². The first-order valence-electron chi connectivity index (χ1n) is 22.9. The Kier molecular flexibility index (Phi) is 9.40. The Morgan fingerprint density at radius 2 is 0.806 bits per heavy atom. The number of aromatic nitrogens is 1. The smallest absolute Gasteiger partial charge is 0.0619 e. The third-order valence-corrected chi connectivity index (χ3v) is 14.6. The van der Waals surface area contributed by atoms with Crippen LogP contribution in [0.1, 0.15) is 0 Å². The summed E-state index contributed by atoms with van der Waals surface area (Å²) >= 11 is 1.86. The summed E-state index contributed by atoms with van der Waals surface area (Å²) in [4.78, 5) is 2.37. The molecule has 13 aromatic rings. The van der Waals surface area contributed by atoms with Crippen molar-refractivity contribution in [3.63, 3.8) is 0 Å². The highest BCUT2D eigenvalue weighted by Gasteiger charge is 2.18. The largest absolute Gasteiger partial charge is 0.311 e. The van der Waals surface area contributed by atoms with Crippen LogP contribution in [0.25, 0.3) is 103 Å². The van der Waals surface area contributed by atoms with E-state index >= 15 is 0 Å². The highest BCUT2D eigenvalue weighted by atomic mass is 32.1. The van der Waals surface area contributed by atoms with Gasteiger partial charge in [-0.1, -0.05) is 188 Å². The quantitative estimate of drug-likeness (QED) is 0.148. The van der Waals surface area contributed by atoms with Gasteiger partial charge in [0.2, 0.25) is 0 Å². The third kappa shape index (κ3) is 6.79. The van der Waals surface area contributed by atoms with Crippen molar-refractivity contribution in [2.45, 2.75) is 0 Å². The fraction of sp³-hybridized carbons (Fsp3) is 0. The molecule has 11 aromatic carbocycles.